The Hall–Kier alpha value is -1.86. The fraction of sp³-hybridized carbons (Fsp3) is 0.391. The maximum absolute atomic E-state index is 2.75. The van der Waals surface area contributed by atoms with Crippen molar-refractivity contribution in [3.8, 4) is 0 Å². The van der Waals surface area contributed by atoms with Gasteiger partial charge in [-0.3, -0.25) is 4.90 Å². The molecule has 0 aromatic heterocycles. The summed E-state index contributed by atoms with van der Waals surface area (Å²) < 4.78 is 0. The highest BCUT2D eigenvalue weighted by Crippen LogP contribution is 2.38. The highest BCUT2D eigenvalue weighted by molar-refractivity contribution is 5.23. The molecule has 124 valence electrons. The normalized spacial score (nSPS) is 24.2. The summed E-state index contributed by atoms with van der Waals surface area (Å²) in [7, 11) is 0. The van der Waals surface area contributed by atoms with Crippen LogP contribution in [0.1, 0.15) is 36.8 Å². The number of hydrogen-bond donors (Lipinski definition) is 0. The van der Waals surface area contributed by atoms with E-state index in [1.807, 2.05) is 0 Å². The highest BCUT2D eigenvalue weighted by Gasteiger charge is 2.35. The minimum atomic E-state index is 0.646. The molecule has 2 aliphatic rings. The molecular weight excluding hydrogens is 290 g/mol. The molecule has 2 atom stereocenters. The molecule has 0 amide bonds. The molecule has 2 aromatic rings. The third kappa shape index (κ3) is 3.47. The van der Waals surface area contributed by atoms with E-state index in [2.05, 4.69) is 71.6 Å². The van der Waals surface area contributed by atoms with Crippen molar-refractivity contribution in [3.63, 3.8) is 0 Å². The van der Waals surface area contributed by atoms with Crippen molar-refractivity contribution in [2.45, 2.75) is 44.7 Å². The van der Waals surface area contributed by atoms with Crippen molar-refractivity contribution in [2.24, 2.45) is 5.92 Å². The second kappa shape index (κ2) is 7.36. The number of rotatable bonds is 4. The van der Waals surface area contributed by atoms with Crippen LogP contribution in [0.15, 0.2) is 72.3 Å². The predicted molar refractivity (Wildman–Crippen MR) is 101 cm³/mol. The first kappa shape index (κ1) is 15.7. The van der Waals surface area contributed by atoms with Crippen LogP contribution in [-0.4, -0.2) is 17.5 Å². The Bertz CT molecular complexity index is 674. The quantitative estimate of drug-likeness (QED) is 0.698. The van der Waals surface area contributed by atoms with E-state index < -0.39 is 0 Å². The fourth-order valence-electron chi connectivity index (χ4n) is 4.52. The Kier molecular flexibility index (Phi) is 4.80. The van der Waals surface area contributed by atoms with Gasteiger partial charge in [0.2, 0.25) is 0 Å². The zero-order valence-corrected chi connectivity index (χ0v) is 14.4. The van der Waals surface area contributed by atoms with Crippen LogP contribution in [0, 0.1) is 5.92 Å². The van der Waals surface area contributed by atoms with E-state index in [9.17, 15) is 0 Å². The number of allylic oxidation sites excluding steroid dienone is 1. The zero-order valence-electron chi connectivity index (χ0n) is 14.4. The first-order valence-corrected chi connectivity index (χ1v) is 9.41. The highest BCUT2D eigenvalue weighted by atomic mass is 15.2. The second-order valence-corrected chi connectivity index (χ2v) is 7.28. The summed E-state index contributed by atoms with van der Waals surface area (Å²) in [5, 5.41) is 0. The Morgan fingerprint density at radius 3 is 2.33 bits per heavy atom. The SMILES string of the molecule is C1=C2CCN(Cc3ccccc3)[C@@H](Cc3ccccc3)[C@@H]2CCC1. The molecular formula is C23H27N. The van der Waals surface area contributed by atoms with Gasteiger partial charge in [-0.2, -0.15) is 0 Å². The predicted octanol–water partition coefficient (Wildman–Crippen LogP) is 5.23. The average Bonchev–Trinajstić information content (AvgIpc) is 2.65. The fourth-order valence-corrected chi connectivity index (χ4v) is 4.52. The molecule has 1 nitrogen and oxygen atoms in total. The van der Waals surface area contributed by atoms with Gasteiger partial charge >= 0.3 is 0 Å². The summed E-state index contributed by atoms with van der Waals surface area (Å²) in [6.07, 6.45) is 9.01. The van der Waals surface area contributed by atoms with E-state index >= 15 is 0 Å². The van der Waals surface area contributed by atoms with Crippen molar-refractivity contribution < 1.29 is 0 Å². The van der Waals surface area contributed by atoms with Crippen LogP contribution in [-0.2, 0) is 13.0 Å². The molecule has 1 heterocycles. The Labute approximate surface area is 146 Å². The standard InChI is InChI=1S/C23H27N/c1-3-9-19(10-4-1)17-23-22-14-8-7-13-21(22)15-16-24(23)18-20-11-5-2-6-12-20/h1-6,9-13,22-23H,7-8,14-18H2/t22-,23+/m1/s1. The van der Waals surface area contributed by atoms with E-state index in [1.54, 1.807) is 5.57 Å². The zero-order chi connectivity index (χ0) is 16.2. The number of likely N-dealkylation sites (tertiary alicyclic amines) is 1. The molecule has 0 spiro atoms. The lowest BCUT2D eigenvalue weighted by Gasteiger charge is -2.44. The minimum absolute atomic E-state index is 0.646. The first-order chi connectivity index (χ1) is 11.9. The molecule has 0 radical (unpaired) electrons. The molecule has 1 fully saturated rings. The topological polar surface area (TPSA) is 3.24 Å². The maximum atomic E-state index is 2.75. The van der Waals surface area contributed by atoms with Gasteiger partial charge in [-0.05, 0) is 49.1 Å². The first-order valence-electron chi connectivity index (χ1n) is 9.41. The van der Waals surface area contributed by atoms with Gasteiger partial charge in [0.1, 0.15) is 0 Å². The van der Waals surface area contributed by atoms with Gasteiger partial charge in [-0.25, -0.2) is 0 Å². The van der Waals surface area contributed by atoms with Crippen LogP contribution in [0.3, 0.4) is 0 Å². The number of piperidine rings is 1. The molecule has 2 aromatic carbocycles. The van der Waals surface area contributed by atoms with Gasteiger partial charge in [0, 0.05) is 19.1 Å². The van der Waals surface area contributed by atoms with Crippen LogP contribution < -0.4 is 0 Å². The molecule has 4 rings (SSSR count). The van der Waals surface area contributed by atoms with Crippen molar-refractivity contribution in [1.29, 1.82) is 0 Å². The third-order valence-corrected chi connectivity index (χ3v) is 5.74. The van der Waals surface area contributed by atoms with Gasteiger partial charge in [0.25, 0.3) is 0 Å². The van der Waals surface area contributed by atoms with E-state index in [1.165, 1.54) is 49.8 Å². The molecule has 0 bridgehead atoms. The Balaban J connectivity index is 1.58. The van der Waals surface area contributed by atoms with Gasteiger partial charge in [0.05, 0.1) is 0 Å². The van der Waals surface area contributed by atoms with Gasteiger partial charge in [-0.1, -0.05) is 72.3 Å². The van der Waals surface area contributed by atoms with Crippen molar-refractivity contribution >= 4 is 0 Å². The van der Waals surface area contributed by atoms with Crippen LogP contribution >= 0.6 is 0 Å². The van der Waals surface area contributed by atoms with Crippen LogP contribution in [0.4, 0.5) is 0 Å². The summed E-state index contributed by atoms with van der Waals surface area (Å²) >= 11 is 0. The number of hydrogen-bond acceptors (Lipinski definition) is 1. The third-order valence-electron chi connectivity index (χ3n) is 5.74. The van der Waals surface area contributed by atoms with E-state index in [0.717, 1.165) is 12.5 Å². The lowest BCUT2D eigenvalue weighted by molar-refractivity contribution is 0.109. The summed E-state index contributed by atoms with van der Waals surface area (Å²) in [6, 6.07) is 22.7. The molecule has 0 saturated carbocycles. The van der Waals surface area contributed by atoms with Crippen LogP contribution in [0.5, 0.6) is 0 Å². The summed E-state index contributed by atoms with van der Waals surface area (Å²) in [5.41, 5.74) is 4.66. The lowest BCUT2D eigenvalue weighted by Crippen LogP contribution is -2.47. The van der Waals surface area contributed by atoms with Crippen molar-refractivity contribution in [1.82, 2.24) is 4.90 Å². The van der Waals surface area contributed by atoms with E-state index in [0.29, 0.717) is 6.04 Å². The maximum Gasteiger partial charge on any atom is 0.0237 e. The molecule has 1 saturated heterocycles. The van der Waals surface area contributed by atoms with Gasteiger partial charge in [-0.15, -0.1) is 0 Å². The monoisotopic (exact) mass is 317 g/mol. The summed E-state index contributed by atoms with van der Waals surface area (Å²) in [4.78, 5) is 2.75. The molecule has 1 aliphatic heterocycles. The molecule has 1 aliphatic carbocycles. The Morgan fingerprint density at radius 1 is 0.875 bits per heavy atom. The van der Waals surface area contributed by atoms with Crippen LogP contribution in [0.25, 0.3) is 0 Å². The minimum Gasteiger partial charge on any atom is -0.295 e. The lowest BCUT2D eigenvalue weighted by atomic mass is 9.75. The Morgan fingerprint density at radius 2 is 1.58 bits per heavy atom. The van der Waals surface area contributed by atoms with E-state index in [4.69, 9.17) is 0 Å². The summed E-state index contributed by atoms with van der Waals surface area (Å²) in [5.74, 6) is 0.761. The van der Waals surface area contributed by atoms with E-state index in [-0.39, 0.29) is 0 Å². The number of fused-ring (bicyclic) bond motifs is 1. The number of benzene rings is 2. The van der Waals surface area contributed by atoms with Gasteiger partial charge < -0.3 is 0 Å². The second-order valence-electron chi connectivity index (χ2n) is 7.28. The number of nitrogens with zero attached hydrogens (tertiary/aromatic N) is 1. The summed E-state index contributed by atoms with van der Waals surface area (Å²) in [6.45, 7) is 2.29. The molecule has 0 unspecified atom stereocenters. The molecule has 1 heteroatoms. The van der Waals surface area contributed by atoms with Crippen molar-refractivity contribution in [2.75, 3.05) is 6.54 Å². The average molecular weight is 317 g/mol. The van der Waals surface area contributed by atoms with Gasteiger partial charge in [0.15, 0.2) is 0 Å². The largest absolute Gasteiger partial charge is 0.295 e. The smallest absolute Gasteiger partial charge is 0.0237 e. The molecule has 0 N–H and O–H groups in total. The van der Waals surface area contributed by atoms with Crippen LogP contribution in [0.2, 0.25) is 0 Å². The van der Waals surface area contributed by atoms with Crippen molar-refractivity contribution in [3.05, 3.63) is 83.4 Å². The molecule has 24 heavy (non-hydrogen) atoms.